The summed E-state index contributed by atoms with van der Waals surface area (Å²) in [6, 6.07) is 4.12. The molecule has 0 atom stereocenters. The molecule has 0 spiro atoms. The normalized spacial score (nSPS) is 9.47. The number of benzene rings is 1. The van der Waals surface area contributed by atoms with E-state index < -0.39 is 11.9 Å². The second-order valence-electron chi connectivity index (χ2n) is 2.93. The summed E-state index contributed by atoms with van der Waals surface area (Å²) in [5, 5.41) is 0.318. The zero-order chi connectivity index (χ0) is 11.4. The summed E-state index contributed by atoms with van der Waals surface area (Å²) in [4.78, 5) is 21.8. The van der Waals surface area contributed by atoms with Crippen LogP contribution in [0.25, 0.3) is 0 Å². The van der Waals surface area contributed by atoms with Gasteiger partial charge < -0.3 is 5.73 Å². The van der Waals surface area contributed by atoms with Gasteiger partial charge >= 0.3 is 6.03 Å². The van der Waals surface area contributed by atoms with Crippen LogP contribution in [-0.4, -0.2) is 11.9 Å². The van der Waals surface area contributed by atoms with E-state index in [1.807, 2.05) is 12.3 Å². The fourth-order valence-electron chi connectivity index (χ4n) is 0.990. The lowest BCUT2D eigenvalue weighted by Crippen LogP contribution is -2.44. The van der Waals surface area contributed by atoms with E-state index in [9.17, 15) is 9.59 Å². The first-order valence-electron chi connectivity index (χ1n) is 4.12. The van der Waals surface area contributed by atoms with Crippen molar-refractivity contribution < 1.29 is 9.59 Å². The Morgan fingerprint density at radius 3 is 2.53 bits per heavy atom. The van der Waals surface area contributed by atoms with Crippen LogP contribution < -0.4 is 16.6 Å². The molecule has 5 nitrogen and oxygen atoms in total. The minimum atomic E-state index is -0.841. The predicted octanol–water partition coefficient (Wildman–Crippen LogP) is 0.962. The van der Waals surface area contributed by atoms with E-state index in [1.54, 1.807) is 18.2 Å². The molecule has 4 N–H and O–H groups in total. The zero-order valence-corrected chi connectivity index (χ0v) is 8.76. The highest BCUT2D eigenvalue weighted by Gasteiger charge is 2.09. The molecule has 1 rings (SSSR count). The largest absolute Gasteiger partial charge is 0.350 e. The summed E-state index contributed by atoms with van der Waals surface area (Å²) >= 11 is 5.83. The molecule has 3 amide bonds. The van der Waals surface area contributed by atoms with Crippen molar-refractivity contribution in [2.45, 2.75) is 6.92 Å². The van der Waals surface area contributed by atoms with Gasteiger partial charge in [-0.05, 0) is 24.6 Å². The number of carbonyl (C=O) groups excluding carboxylic acids is 2. The summed E-state index contributed by atoms with van der Waals surface area (Å²) in [5.74, 6) is -0.515. The van der Waals surface area contributed by atoms with E-state index in [2.05, 4.69) is 5.43 Å². The van der Waals surface area contributed by atoms with Crippen molar-refractivity contribution in [3.63, 3.8) is 0 Å². The lowest BCUT2D eigenvalue weighted by Gasteiger charge is -2.06. The number of halogens is 1. The Kier molecular flexibility index (Phi) is 3.51. The number of hydrogen-bond donors (Lipinski definition) is 3. The number of primary amides is 1. The molecule has 0 radical (unpaired) electrons. The second-order valence-corrected chi connectivity index (χ2v) is 3.33. The molecule has 6 heteroatoms. The van der Waals surface area contributed by atoms with Crippen molar-refractivity contribution in [1.29, 1.82) is 0 Å². The van der Waals surface area contributed by atoms with Gasteiger partial charge in [0.2, 0.25) is 0 Å². The van der Waals surface area contributed by atoms with Crippen LogP contribution in [0.2, 0.25) is 5.02 Å². The van der Waals surface area contributed by atoms with E-state index >= 15 is 0 Å². The van der Waals surface area contributed by atoms with Crippen LogP contribution in [0.15, 0.2) is 18.2 Å². The van der Waals surface area contributed by atoms with Crippen LogP contribution in [0.5, 0.6) is 0 Å². The van der Waals surface area contributed by atoms with Crippen LogP contribution >= 0.6 is 11.6 Å². The molecule has 0 aliphatic heterocycles. The highest BCUT2D eigenvalue weighted by molar-refractivity contribution is 6.33. The Hall–Kier alpha value is -1.75. The molecular weight excluding hydrogens is 218 g/mol. The summed E-state index contributed by atoms with van der Waals surface area (Å²) in [6.07, 6.45) is 0. The molecule has 0 aromatic heterocycles. The monoisotopic (exact) mass is 227 g/mol. The molecule has 80 valence electrons. The Morgan fingerprint density at radius 2 is 2.00 bits per heavy atom. The third kappa shape index (κ3) is 3.14. The Morgan fingerprint density at radius 1 is 1.33 bits per heavy atom. The minimum absolute atomic E-state index is 0.274. The predicted molar refractivity (Wildman–Crippen MR) is 56.4 cm³/mol. The molecule has 0 unspecified atom stereocenters. The molecule has 0 saturated carbocycles. The standard InChI is InChI=1S/C9H10ClN3O2/c1-5-2-3-6(7(10)4-5)8(14)12-13-9(11)15/h2-4H,1H3,(H,12,14)(H3,11,13,15). The lowest BCUT2D eigenvalue weighted by atomic mass is 10.1. The highest BCUT2D eigenvalue weighted by Crippen LogP contribution is 2.16. The summed E-state index contributed by atoms with van der Waals surface area (Å²) in [5.41, 5.74) is 10.1. The Balaban J connectivity index is 2.78. The van der Waals surface area contributed by atoms with Gasteiger partial charge in [0, 0.05) is 0 Å². The van der Waals surface area contributed by atoms with E-state index in [4.69, 9.17) is 17.3 Å². The fourth-order valence-corrected chi connectivity index (χ4v) is 1.31. The first-order chi connectivity index (χ1) is 7.00. The lowest BCUT2D eigenvalue weighted by molar-refractivity contribution is 0.0937. The number of carbonyl (C=O) groups is 2. The van der Waals surface area contributed by atoms with Crippen LogP contribution in [0.1, 0.15) is 15.9 Å². The van der Waals surface area contributed by atoms with Crippen LogP contribution in [0, 0.1) is 6.92 Å². The number of nitrogens with one attached hydrogen (secondary N) is 2. The molecule has 1 aromatic rings. The molecule has 0 aliphatic carbocycles. The summed E-state index contributed by atoms with van der Waals surface area (Å²) < 4.78 is 0. The number of urea groups is 1. The van der Waals surface area contributed by atoms with E-state index in [0.717, 1.165) is 5.56 Å². The highest BCUT2D eigenvalue weighted by atomic mass is 35.5. The molecular formula is C9H10ClN3O2. The Bertz CT molecular complexity index is 406. The van der Waals surface area contributed by atoms with Crippen molar-refractivity contribution in [2.24, 2.45) is 5.73 Å². The summed E-state index contributed by atoms with van der Waals surface area (Å²) in [6.45, 7) is 1.86. The second kappa shape index (κ2) is 4.65. The van der Waals surface area contributed by atoms with Crippen molar-refractivity contribution in [2.75, 3.05) is 0 Å². The van der Waals surface area contributed by atoms with Crippen LogP contribution in [0.4, 0.5) is 4.79 Å². The molecule has 15 heavy (non-hydrogen) atoms. The third-order valence-corrected chi connectivity index (χ3v) is 1.98. The van der Waals surface area contributed by atoms with Crippen molar-refractivity contribution in [1.82, 2.24) is 10.9 Å². The summed E-state index contributed by atoms with van der Waals surface area (Å²) in [7, 11) is 0. The molecule has 0 heterocycles. The Labute approximate surface area is 91.6 Å². The molecule has 0 fully saturated rings. The maximum absolute atomic E-state index is 11.4. The van der Waals surface area contributed by atoms with Crippen molar-refractivity contribution >= 4 is 23.5 Å². The van der Waals surface area contributed by atoms with Gasteiger partial charge in [0.15, 0.2) is 0 Å². The maximum atomic E-state index is 11.4. The molecule has 1 aromatic carbocycles. The smallest absolute Gasteiger partial charge is 0.330 e. The maximum Gasteiger partial charge on any atom is 0.330 e. The number of hydrogen-bond acceptors (Lipinski definition) is 2. The van der Waals surface area contributed by atoms with Gasteiger partial charge in [-0.1, -0.05) is 17.7 Å². The average Bonchev–Trinajstić information content (AvgIpc) is 2.14. The van der Waals surface area contributed by atoms with Crippen LogP contribution in [-0.2, 0) is 0 Å². The van der Waals surface area contributed by atoms with Gasteiger partial charge in [0.1, 0.15) is 0 Å². The number of nitrogens with two attached hydrogens (primary N) is 1. The van der Waals surface area contributed by atoms with Gasteiger partial charge in [-0.15, -0.1) is 0 Å². The third-order valence-electron chi connectivity index (χ3n) is 1.67. The average molecular weight is 228 g/mol. The van der Waals surface area contributed by atoms with Gasteiger partial charge in [0.25, 0.3) is 5.91 Å². The van der Waals surface area contributed by atoms with Gasteiger partial charge in [-0.2, -0.15) is 0 Å². The van der Waals surface area contributed by atoms with Gasteiger partial charge in [-0.3, -0.25) is 10.2 Å². The van der Waals surface area contributed by atoms with Crippen molar-refractivity contribution in [3.8, 4) is 0 Å². The van der Waals surface area contributed by atoms with Crippen molar-refractivity contribution in [3.05, 3.63) is 34.3 Å². The first kappa shape index (κ1) is 11.3. The molecule has 0 aliphatic rings. The first-order valence-corrected chi connectivity index (χ1v) is 4.50. The molecule has 0 bridgehead atoms. The number of hydrazine groups is 1. The molecule has 0 saturated heterocycles. The van der Waals surface area contributed by atoms with E-state index in [-0.39, 0.29) is 5.56 Å². The quantitative estimate of drug-likeness (QED) is 0.625. The fraction of sp³-hybridized carbons (Fsp3) is 0.111. The van der Waals surface area contributed by atoms with E-state index in [0.29, 0.717) is 5.02 Å². The van der Waals surface area contributed by atoms with E-state index in [1.165, 1.54) is 0 Å². The number of aryl methyl sites for hydroxylation is 1. The zero-order valence-electron chi connectivity index (χ0n) is 8.00. The topological polar surface area (TPSA) is 84.2 Å². The van der Waals surface area contributed by atoms with Crippen LogP contribution in [0.3, 0.4) is 0 Å². The minimum Gasteiger partial charge on any atom is -0.350 e. The number of rotatable bonds is 1. The van der Waals surface area contributed by atoms with Gasteiger partial charge in [0.05, 0.1) is 10.6 Å². The SMILES string of the molecule is Cc1ccc(C(=O)NNC(N)=O)c(Cl)c1. The number of amides is 3. The van der Waals surface area contributed by atoms with Gasteiger partial charge in [-0.25, -0.2) is 10.2 Å².